The van der Waals surface area contributed by atoms with Gasteiger partial charge < -0.3 is 4.90 Å². The van der Waals surface area contributed by atoms with Crippen molar-refractivity contribution in [3.63, 3.8) is 0 Å². The lowest BCUT2D eigenvalue weighted by molar-refractivity contribution is -0.132. The maximum Gasteiger partial charge on any atom is 0.236 e. The number of halogens is 2. The molecule has 6 heteroatoms. The molecule has 2 heterocycles. The first-order chi connectivity index (χ1) is 12.1. The van der Waals surface area contributed by atoms with Crippen LogP contribution in [0.25, 0.3) is 0 Å². The molecule has 138 valence electrons. The Kier molecular flexibility index (Phi) is 6.37. The van der Waals surface area contributed by atoms with E-state index in [2.05, 4.69) is 9.80 Å². The van der Waals surface area contributed by atoms with Crippen LogP contribution in [-0.2, 0) is 11.3 Å². The molecule has 0 aromatic heterocycles. The van der Waals surface area contributed by atoms with Crippen molar-refractivity contribution in [1.82, 2.24) is 14.7 Å². The summed E-state index contributed by atoms with van der Waals surface area (Å²) in [6, 6.07) is 4.32. The van der Waals surface area contributed by atoms with Crippen molar-refractivity contribution in [3.8, 4) is 0 Å². The number of carbonyl (C=O) groups is 1. The van der Waals surface area contributed by atoms with Crippen LogP contribution in [-0.4, -0.2) is 66.4 Å². The fraction of sp³-hybridized carbons (Fsp3) is 0.632. The van der Waals surface area contributed by atoms with E-state index in [4.69, 9.17) is 0 Å². The fourth-order valence-electron chi connectivity index (χ4n) is 3.63. The second kappa shape index (κ2) is 8.72. The van der Waals surface area contributed by atoms with Gasteiger partial charge in [0.15, 0.2) is 11.6 Å². The molecule has 0 unspecified atom stereocenters. The minimum atomic E-state index is -0.792. The quantitative estimate of drug-likeness (QED) is 0.834. The molecule has 1 aromatic carbocycles. The summed E-state index contributed by atoms with van der Waals surface area (Å²) in [4.78, 5) is 18.7. The first kappa shape index (κ1) is 18.3. The third-order valence-electron chi connectivity index (χ3n) is 5.21. The molecule has 25 heavy (non-hydrogen) atoms. The summed E-state index contributed by atoms with van der Waals surface area (Å²) in [7, 11) is 0. The molecule has 2 fully saturated rings. The lowest BCUT2D eigenvalue weighted by Crippen LogP contribution is -2.49. The number of piperazine rings is 1. The van der Waals surface area contributed by atoms with E-state index < -0.39 is 11.6 Å². The van der Waals surface area contributed by atoms with Crippen LogP contribution in [0.3, 0.4) is 0 Å². The highest BCUT2D eigenvalue weighted by Crippen LogP contribution is 2.15. The van der Waals surface area contributed by atoms with Gasteiger partial charge in [0.05, 0.1) is 6.54 Å². The second-order valence-electron chi connectivity index (χ2n) is 7.06. The molecule has 2 saturated heterocycles. The Morgan fingerprint density at radius 1 is 0.880 bits per heavy atom. The van der Waals surface area contributed by atoms with E-state index in [-0.39, 0.29) is 5.91 Å². The van der Waals surface area contributed by atoms with Crippen molar-refractivity contribution >= 4 is 5.91 Å². The Morgan fingerprint density at radius 3 is 2.20 bits per heavy atom. The summed E-state index contributed by atoms with van der Waals surface area (Å²) in [6.45, 7) is 5.77. The highest BCUT2D eigenvalue weighted by Gasteiger charge is 2.23. The average molecular weight is 351 g/mol. The van der Waals surface area contributed by atoms with Crippen LogP contribution in [0.1, 0.15) is 31.2 Å². The van der Waals surface area contributed by atoms with Crippen molar-refractivity contribution in [3.05, 3.63) is 35.4 Å². The third-order valence-corrected chi connectivity index (χ3v) is 5.21. The molecule has 0 radical (unpaired) electrons. The van der Waals surface area contributed by atoms with Crippen molar-refractivity contribution < 1.29 is 13.6 Å². The monoisotopic (exact) mass is 351 g/mol. The van der Waals surface area contributed by atoms with Gasteiger partial charge in [-0.25, -0.2) is 8.78 Å². The van der Waals surface area contributed by atoms with Gasteiger partial charge in [0, 0.05) is 51.4 Å². The average Bonchev–Trinajstić information content (AvgIpc) is 2.90. The van der Waals surface area contributed by atoms with Crippen LogP contribution in [0.4, 0.5) is 8.78 Å². The SMILES string of the molecule is O=C(CN1CCN(Cc2cccc(F)c2F)CC1)N1CCCCCC1. The topological polar surface area (TPSA) is 26.8 Å². The van der Waals surface area contributed by atoms with E-state index in [9.17, 15) is 13.6 Å². The van der Waals surface area contributed by atoms with Crippen molar-refractivity contribution in [2.75, 3.05) is 45.8 Å². The molecule has 1 aromatic rings. The number of rotatable bonds is 4. The molecule has 0 saturated carbocycles. The Hall–Kier alpha value is -1.53. The molecule has 0 bridgehead atoms. The standard InChI is InChI=1S/C19H27F2N3O/c20-17-7-5-6-16(19(17)21)14-22-10-12-23(13-11-22)15-18(25)24-8-3-1-2-4-9-24/h5-7H,1-4,8-15H2. The highest BCUT2D eigenvalue weighted by atomic mass is 19.2. The van der Waals surface area contributed by atoms with Gasteiger partial charge in [0.25, 0.3) is 0 Å². The predicted octanol–water partition coefficient (Wildman–Crippen LogP) is 2.49. The van der Waals surface area contributed by atoms with Crippen molar-refractivity contribution in [2.45, 2.75) is 32.2 Å². The first-order valence-corrected chi connectivity index (χ1v) is 9.29. The van der Waals surface area contributed by atoms with E-state index in [1.54, 1.807) is 12.1 Å². The zero-order valence-electron chi connectivity index (χ0n) is 14.7. The second-order valence-corrected chi connectivity index (χ2v) is 7.06. The largest absolute Gasteiger partial charge is 0.342 e. The van der Waals surface area contributed by atoms with Gasteiger partial charge in [-0.3, -0.25) is 14.6 Å². The van der Waals surface area contributed by atoms with Crippen LogP contribution in [0.15, 0.2) is 18.2 Å². The third kappa shape index (κ3) is 4.98. The molecular weight excluding hydrogens is 324 g/mol. The summed E-state index contributed by atoms with van der Waals surface area (Å²) in [5.74, 6) is -1.31. The molecule has 4 nitrogen and oxygen atoms in total. The minimum absolute atomic E-state index is 0.228. The van der Waals surface area contributed by atoms with Crippen LogP contribution in [0.5, 0.6) is 0 Å². The molecular formula is C19H27F2N3O. The van der Waals surface area contributed by atoms with Crippen LogP contribution >= 0.6 is 0 Å². The molecule has 3 rings (SSSR count). The van der Waals surface area contributed by atoms with Gasteiger partial charge >= 0.3 is 0 Å². The molecule has 2 aliphatic heterocycles. The Labute approximate surface area is 148 Å². The van der Waals surface area contributed by atoms with Gasteiger partial charge in [0.2, 0.25) is 5.91 Å². The number of carbonyl (C=O) groups excluding carboxylic acids is 1. The van der Waals surface area contributed by atoms with Gasteiger partial charge in [0.1, 0.15) is 0 Å². The van der Waals surface area contributed by atoms with Gasteiger partial charge in [-0.1, -0.05) is 25.0 Å². The molecule has 0 N–H and O–H groups in total. The van der Waals surface area contributed by atoms with Crippen LogP contribution < -0.4 is 0 Å². The van der Waals surface area contributed by atoms with E-state index in [0.29, 0.717) is 18.7 Å². The summed E-state index contributed by atoms with van der Waals surface area (Å²) >= 11 is 0. The summed E-state index contributed by atoms with van der Waals surface area (Å²) in [5, 5.41) is 0. The Balaban J connectivity index is 1.45. The summed E-state index contributed by atoms with van der Waals surface area (Å²) in [5.41, 5.74) is 0.397. The number of hydrogen-bond acceptors (Lipinski definition) is 3. The zero-order chi connectivity index (χ0) is 17.6. The molecule has 0 aliphatic carbocycles. The number of benzene rings is 1. The van der Waals surface area contributed by atoms with E-state index in [1.807, 2.05) is 4.90 Å². The Bertz CT molecular complexity index is 580. The van der Waals surface area contributed by atoms with Crippen LogP contribution in [0, 0.1) is 11.6 Å². The predicted molar refractivity (Wildman–Crippen MR) is 93.1 cm³/mol. The zero-order valence-corrected chi connectivity index (χ0v) is 14.7. The summed E-state index contributed by atoms with van der Waals surface area (Å²) < 4.78 is 27.1. The molecule has 0 atom stereocenters. The number of nitrogens with zero attached hydrogens (tertiary/aromatic N) is 3. The molecule has 1 amide bonds. The first-order valence-electron chi connectivity index (χ1n) is 9.29. The molecule has 0 spiro atoms. The lowest BCUT2D eigenvalue weighted by Gasteiger charge is -2.35. The van der Waals surface area contributed by atoms with Gasteiger partial charge in [-0.2, -0.15) is 0 Å². The van der Waals surface area contributed by atoms with Gasteiger partial charge in [-0.05, 0) is 18.9 Å². The maximum atomic E-state index is 13.8. The van der Waals surface area contributed by atoms with Crippen molar-refractivity contribution in [1.29, 1.82) is 0 Å². The van der Waals surface area contributed by atoms with Crippen LogP contribution in [0.2, 0.25) is 0 Å². The number of likely N-dealkylation sites (tertiary alicyclic amines) is 1. The van der Waals surface area contributed by atoms with Gasteiger partial charge in [-0.15, -0.1) is 0 Å². The maximum absolute atomic E-state index is 13.8. The number of amides is 1. The van der Waals surface area contributed by atoms with E-state index >= 15 is 0 Å². The normalized spacial score (nSPS) is 20.5. The smallest absolute Gasteiger partial charge is 0.236 e. The minimum Gasteiger partial charge on any atom is -0.342 e. The lowest BCUT2D eigenvalue weighted by atomic mass is 10.1. The van der Waals surface area contributed by atoms with E-state index in [0.717, 1.165) is 58.2 Å². The highest BCUT2D eigenvalue weighted by molar-refractivity contribution is 5.78. The summed E-state index contributed by atoms with van der Waals surface area (Å²) in [6.07, 6.45) is 4.66. The van der Waals surface area contributed by atoms with E-state index in [1.165, 1.54) is 12.8 Å². The fourth-order valence-corrected chi connectivity index (χ4v) is 3.63. The number of hydrogen-bond donors (Lipinski definition) is 0. The van der Waals surface area contributed by atoms with Crippen molar-refractivity contribution in [2.24, 2.45) is 0 Å². The molecule has 2 aliphatic rings. The Morgan fingerprint density at radius 2 is 1.52 bits per heavy atom.